The number of rotatable bonds is 5. The fourth-order valence-corrected chi connectivity index (χ4v) is 3.19. The van der Waals surface area contributed by atoms with E-state index in [0.29, 0.717) is 6.54 Å². The normalized spacial score (nSPS) is 11.9. The van der Waals surface area contributed by atoms with Gasteiger partial charge in [0.05, 0.1) is 6.04 Å². The molecule has 0 aliphatic rings. The first-order chi connectivity index (χ1) is 13.0. The van der Waals surface area contributed by atoms with Gasteiger partial charge in [-0.3, -0.25) is 0 Å². The summed E-state index contributed by atoms with van der Waals surface area (Å²) in [5.41, 5.74) is 2.75. The number of hydrogen-bond donors (Lipinski definition) is 1. The van der Waals surface area contributed by atoms with Crippen molar-refractivity contribution in [1.82, 2.24) is 10.2 Å². The highest BCUT2D eigenvalue weighted by Gasteiger charge is 2.23. The highest BCUT2D eigenvalue weighted by molar-refractivity contribution is 5.75. The van der Waals surface area contributed by atoms with E-state index in [1.165, 1.54) is 12.1 Å². The lowest BCUT2D eigenvalue weighted by Crippen LogP contribution is -2.39. The molecule has 0 fully saturated rings. The van der Waals surface area contributed by atoms with Gasteiger partial charge in [-0.25, -0.2) is 9.18 Å². The van der Waals surface area contributed by atoms with Crippen molar-refractivity contribution in [2.24, 2.45) is 0 Å². The molecule has 0 radical (unpaired) electrons. The quantitative estimate of drug-likeness (QED) is 0.693. The fraction of sp³-hybridized carbons (Fsp3) is 0.227. The van der Waals surface area contributed by atoms with Crippen LogP contribution in [0.4, 0.5) is 9.18 Å². The predicted octanol–water partition coefficient (Wildman–Crippen LogP) is 4.97. The van der Waals surface area contributed by atoms with E-state index in [1.54, 1.807) is 24.1 Å². The molecule has 0 aliphatic carbocycles. The van der Waals surface area contributed by atoms with Crippen LogP contribution in [-0.4, -0.2) is 18.0 Å². The summed E-state index contributed by atoms with van der Waals surface area (Å²) in [6.07, 6.45) is 0. The molecule has 0 aliphatic heterocycles. The molecule has 3 rings (SSSR count). The number of aryl methyl sites for hydroxylation is 2. The highest BCUT2D eigenvalue weighted by atomic mass is 19.1. The zero-order valence-corrected chi connectivity index (χ0v) is 15.7. The van der Waals surface area contributed by atoms with Gasteiger partial charge in [0, 0.05) is 19.2 Å². The minimum Gasteiger partial charge on any atom is -0.466 e. The molecule has 0 spiro atoms. The lowest BCUT2D eigenvalue weighted by molar-refractivity contribution is 0.197. The molecule has 4 nitrogen and oxygen atoms in total. The van der Waals surface area contributed by atoms with Crippen LogP contribution in [0.5, 0.6) is 0 Å². The monoisotopic (exact) mass is 366 g/mol. The number of furan rings is 1. The highest BCUT2D eigenvalue weighted by Crippen LogP contribution is 2.28. The van der Waals surface area contributed by atoms with Crippen LogP contribution in [0.25, 0.3) is 0 Å². The Kier molecular flexibility index (Phi) is 5.60. The van der Waals surface area contributed by atoms with Crippen molar-refractivity contribution in [2.45, 2.75) is 26.4 Å². The first-order valence-electron chi connectivity index (χ1n) is 8.82. The smallest absolute Gasteiger partial charge is 0.318 e. The number of nitrogens with zero attached hydrogens (tertiary/aromatic N) is 1. The lowest BCUT2D eigenvalue weighted by atomic mass is 9.97. The summed E-state index contributed by atoms with van der Waals surface area (Å²) in [6, 6.07) is 17.3. The van der Waals surface area contributed by atoms with Gasteiger partial charge in [-0.2, -0.15) is 0 Å². The molecule has 1 atom stereocenters. The first-order valence-corrected chi connectivity index (χ1v) is 8.82. The summed E-state index contributed by atoms with van der Waals surface area (Å²) in [5, 5.41) is 2.94. The van der Waals surface area contributed by atoms with Gasteiger partial charge >= 0.3 is 6.03 Å². The molecule has 0 saturated heterocycles. The van der Waals surface area contributed by atoms with E-state index >= 15 is 0 Å². The molecule has 0 bridgehead atoms. The van der Waals surface area contributed by atoms with E-state index in [2.05, 4.69) is 5.32 Å². The van der Waals surface area contributed by atoms with E-state index in [1.807, 2.05) is 50.2 Å². The van der Waals surface area contributed by atoms with Gasteiger partial charge in [0.2, 0.25) is 0 Å². The summed E-state index contributed by atoms with van der Waals surface area (Å²) in [4.78, 5) is 14.4. The topological polar surface area (TPSA) is 45.5 Å². The second-order valence-corrected chi connectivity index (χ2v) is 6.57. The molecule has 1 N–H and O–H groups in total. The van der Waals surface area contributed by atoms with Gasteiger partial charge in [0.1, 0.15) is 17.3 Å². The second kappa shape index (κ2) is 8.08. The predicted molar refractivity (Wildman–Crippen MR) is 103 cm³/mol. The van der Waals surface area contributed by atoms with Crippen molar-refractivity contribution in [3.05, 3.63) is 94.7 Å². The second-order valence-electron chi connectivity index (χ2n) is 6.57. The maximum Gasteiger partial charge on any atom is 0.318 e. The zero-order chi connectivity index (χ0) is 19.4. The zero-order valence-electron chi connectivity index (χ0n) is 15.7. The van der Waals surface area contributed by atoms with Crippen LogP contribution >= 0.6 is 0 Å². The van der Waals surface area contributed by atoms with E-state index in [9.17, 15) is 9.18 Å². The summed E-state index contributed by atoms with van der Waals surface area (Å²) < 4.78 is 18.9. The van der Waals surface area contributed by atoms with E-state index in [0.717, 1.165) is 28.2 Å². The Hall–Kier alpha value is -3.08. The number of benzene rings is 2. The summed E-state index contributed by atoms with van der Waals surface area (Å²) in [6.45, 7) is 4.14. The lowest BCUT2D eigenvalue weighted by Gasteiger charge is -2.29. The Labute approximate surface area is 158 Å². The van der Waals surface area contributed by atoms with E-state index in [4.69, 9.17) is 4.42 Å². The van der Waals surface area contributed by atoms with Crippen LogP contribution in [0.3, 0.4) is 0 Å². The minimum atomic E-state index is -0.320. The van der Waals surface area contributed by atoms with Crippen LogP contribution in [0.15, 0.2) is 65.1 Å². The standard InChI is InChI=1S/C22H23FN2O2/c1-15-13-19(16(2)27-15)14-24-22(26)25(3)21(17-7-5-4-6-8-17)18-9-11-20(23)12-10-18/h4-13,21H,14H2,1-3H3,(H,24,26). The van der Waals surface area contributed by atoms with Crippen molar-refractivity contribution >= 4 is 6.03 Å². The van der Waals surface area contributed by atoms with Gasteiger partial charge in [-0.05, 0) is 43.2 Å². The van der Waals surface area contributed by atoms with E-state index < -0.39 is 0 Å². The molecule has 27 heavy (non-hydrogen) atoms. The van der Waals surface area contributed by atoms with Crippen molar-refractivity contribution in [2.75, 3.05) is 7.05 Å². The van der Waals surface area contributed by atoms with Gasteiger partial charge < -0.3 is 14.6 Å². The number of amides is 2. The number of nitrogens with one attached hydrogen (secondary N) is 1. The number of urea groups is 1. The first kappa shape index (κ1) is 18.7. The summed E-state index contributed by atoms with van der Waals surface area (Å²) in [7, 11) is 1.74. The molecule has 1 heterocycles. The van der Waals surface area contributed by atoms with Crippen LogP contribution < -0.4 is 5.32 Å². The van der Waals surface area contributed by atoms with Crippen LogP contribution in [0.2, 0.25) is 0 Å². The van der Waals surface area contributed by atoms with Crippen molar-refractivity contribution in [3.63, 3.8) is 0 Å². The maximum atomic E-state index is 13.4. The number of hydrogen-bond acceptors (Lipinski definition) is 2. The molecular formula is C22H23FN2O2. The van der Waals surface area contributed by atoms with Gasteiger partial charge in [0.25, 0.3) is 0 Å². The van der Waals surface area contributed by atoms with E-state index in [-0.39, 0.29) is 17.9 Å². The van der Waals surface area contributed by atoms with Crippen LogP contribution in [-0.2, 0) is 6.54 Å². The van der Waals surface area contributed by atoms with Crippen molar-refractivity contribution in [3.8, 4) is 0 Å². The Morgan fingerprint density at radius 1 is 1.07 bits per heavy atom. The molecule has 3 aromatic rings. The van der Waals surface area contributed by atoms with Crippen molar-refractivity contribution in [1.29, 1.82) is 0 Å². The molecule has 1 aromatic heterocycles. The van der Waals surface area contributed by atoms with Gasteiger partial charge in [-0.1, -0.05) is 42.5 Å². The van der Waals surface area contributed by atoms with Gasteiger partial charge in [0.15, 0.2) is 0 Å². The van der Waals surface area contributed by atoms with Crippen LogP contribution in [0, 0.1) is 19.7 Å². The minimum absolute atomic E-state index is 0.216. The Bertz CT molecular complexity index is 904. The van der Waals surface area contributed by atoms with Crippen molar-refractivity contribution < 1.29 is 13.6 Å². The molecule has 0 saturated carbocycles. The average molecular weight is 366 g/mol. The Balaban J connectivity index is 1.81. The molecular weight excluding hydrogens is 343 g/mol. The van der Waals surface area contributed by atoms with Gasteiger partial charge in [-0.15, -0.1) is 0 Å². The third-order valence-corrected chi connectivity index (χ3v) is 4.58. The number of halogens is 1. The molecule has 1 unspecified atom stereocenters. The maximum absolute atomic E-state index is 13.4. The summed E-state index contributed by atoms with van der Waals surface area (Å²) >= 11 is 0. The fourth-order valence-electron chi connectivity index (χ4n) is 3.19. The third-order valence-electron chi connectivity index (χ3n) is 4.58. The molecule has 5 heteroatoms. The van der Waals surface area contributed by atoms with Crippen LogP contribution in [0.1, 0.15) is 34.3 Å². The SMILES string of the molecule is Cc1cc(CNC(=O)N(C)C(c2ccccc2)c2ccc(F)cc2)c(C)o1. The Morgan fingerprint density at radius 2 is 1.70 bits per heavy atom. The third kappa shape index (κ3) is 4.37. The average Bonchev–Trinajstić information content (AvgIpc) is 2.99. The number of carbonyl (C=O) groups is 1. The Morgan fingerprint density at radius 3 is 2.30 bits per heavy atom. The largest absolute Gasteiger partial charge is 0.466 e. The molecule has 2 amide bonds. The molecule has 2 aromatic carbocycles. The summed E-state index contributed by atoms with van der Waals surface area (Å²) in [5.74, 6) is 1.32. The molecule has 140 valence electrons. The number of carbonyl (C=O) groups excluding carboxylic acids is 1.